The molecule has 3 fully saturated rings. The molecule has 2 unspecified atom stereocenters. The van der Waals surface area contributed by atoms with E-state index in [1.54, 1.807) is 6.08 Å². The van der Waals surface area contributed by atoms with Crippen LogP contribution in [-0.4, -0.2) is 48.1 Å². The van der Waals surface area contributed by atoms with Crippen LogP contribution in [0.15, 0.2) is 47.6 Å². The lowest BCUT2D eigenvalue weighted by Crippen LogP contribution is -2.35. The van der Waals surface area contributed by atoms with Crippen molar-refractivity contribution in [2.24, 2.45) is 23.2 Å². The Morgan fingerprint density at radius 1 is 1.25 bits per heavy atom. The van der Waals surface area contributed by atoms with Gasteiger partial charge in [0, 0.05) is 20.6 Å². The van der Waals surface area contributed by atoms with Gasteiger partial charge in [-0.2, -0.15) is 0 Å². The van der Waals surface area contributed by atoms with E-state index >= 15 is 0 Å². The van der Waals surface area contributed by atoms with Crippen molar-refractivity contribution >= 4 is 13.4 Å². The zero-order valence-electron chi connectivity index (χ0n) is 22.6. The van der Waals surface area contributed by atoms with Crippen molar-refractivity contribution in [3.63, 3.8) is 0 Å². The molecule has 0 radical (unpaired) electrons. The van der Waals surface area contributed by atoms with E-state index in [1.807, 2.05) is 13.0 Å². The molecule has 0 aliphatic heterocycles. The predicted octanol–water partition coefficient (Wildman–Crippen LogP) is 6.15. The highest BCUT2D eigenvalue weighted by Crippen LogP contribution is 2.59. The van der Waals surface area contributed by atoms with E-state index in [0.717, 1.165) is 43.3 Å². The number of aliphatic hydroxyl groups excluding tert-OH is 2. The molecule has 2 N–H and O–H groups in total. The Morgan fingerprint density at radius 3 is 2.58 bits per heavy atom. The van der Waals surface area contributed by atoms with Crippen molar-refractivity contribution in [1.82, 2.24) is 0 Å². The van der Waals surface area contributed by atoms with Gasteiger partial charge in [0.2, 0.25) is 0 Å². The molecule has 0 spiro atoms. The lowest BCUT2D eigenvalue weighted by atomic mass is 9.61. The summed E-state index contributed by atoms with van der Waals surface area (Å²) in [5, 5.41) is 20.3. The van der Waals surface area contributed by atoms with Crippen LogP contribution in [0.2, 0.25) is 0 Å². The molecular formula is C29H45O6P. The van der Waals surface area contributed by atoms with Gasteiger partial charge in [0.05, 0.1) is 12.2 Å². The van der Waals surface area contributed by atoms with Gasteiger partial charge in [-0.05, 0) is 85.3 Å². The molecule has 202 valence electrons. The standard InChI is InChI=1S/C29H45O6P/c1-7-28(36(33,34-5)35-6)26(31)15-10-19(2)24-13-14-25-21(9-8-16-29(24,25)4)11-12-22-17-23(30)18-27(32)20(22)3/h10-12,15,19,23-25,27-28,30,32H,3,7-9,13-14,16-18H2,1-2,4-6H3/t19-,23-,24-,25?,27+,28?,29-/m1/s1. The number of carbonyl (C=O) groups excluding carboxylic acids is 1. The molecule has 0 aromatic carbocycles. The van der Waals surface area contributed by atoms with Gasteiger partial charge in [-0.25, -0.2) is 0 Å². The molecule has 7 atom stereocenters. The van der Waals surface area contributed by atoms with Crippen molar-refractivity contribution in [1.29, 1.82) is 0 Å². The molecule has 0 aromatic rings. The SMILES string of the molecule is C=C1C(=CC=C2CCC[C@@]3(C)C2CC[C@@H]3[C@H](C)C=CC(=O)C(CC)P(=O)(OC)OC)C[C@@H](O)C[C@@H]1O. The summed E-state index contributed by atoms with van der Waals surface area (Å²) in [6.07, 6.45) is 13.6. The van der Waals surface area contributed by atoms with Crippen molar-refractivity contribution < 1.29 is 28.6 Å². The Labute approximate surface area is 217 Å². The highest BCUT2D eigenvalue weighted by atomic mass is 31.2. The Hall–Kier alpha value is -1.30. The van der Waals surface area contributed by atoms with E-state index in [-0.39, 0.29) is 17.1 Å². The molecule has 3 rings (SSSR count). The van der Waals surface area contributed by atoms with Crippen molar-refractivity contribution in [2.45, 2.75) is 90.0 Å². The average molecular weight is 521 g/mol. The molecule has 36 heavy (non-hydrogen) atoms. The first-order valence-electron chi connectivity index (χ1n) is 13.4. The van der Waals surface area contributed by atoms with E-state index in [1.165, 1.54) is 19.8 Å². The lowest BCUT2D eigenvalue weighted by molar-refractivity contribution is -0.114. The molecule has 0 amide bonds. The quantitative estimate of drug-likeness (QED) is 0.280. The topological polar surface area (TPSA) is 93.1 Å². The van der Waals surface area contributed by atoms with Crippen LogP contribution in [0.1, 0.15) is 72.1 Å². The number of ketones is 1. The van der Waals surface area contributed by atoms with Gasteiger partial charge in [0.25, 0.3) is 0 Å². The summed E-state index contributed by atoms with van der Waals surface area (Å²) in [5.74, 6) is 0.945. The van der Waals surface area contributed by atoms with E-state index in [0.29, 0.717) is 31.1 Å². The predicted molar refractivity (Wildman–Crippen MR) is 144 cm³/mol. The van der Waals surface area contributed by atoms with Gasteiger partial charge in [-0.3, -0.25) is 9.36 Å². The van der Waals surface area contributed by atoms with Gasteiger partial charge >= 0.3 is 7.60 Å². The summed E-state index contributed by atoms with van der Waals surface area (Å²) in [5.41, 5.74) is 2.48. The first-order chi connectivity index (χ1) is 17.0. The van der Waals surface area contributed by atoms with E-state index in [2.05, 4.69) is 32.6 Å². The second-order valence-corrected chi connectivity index (χ2v) is 13.5. The third kappa shape index (κ3) is 5.89. The Bertz CT molecular complexity index is 957. The minimum Gasteiger partial charge on any atom is -0.393 e. The highest BCUT2D eigenvalue weighted by Gasteiger charge is 2.50. The largest absolute Gasteiger partial charge is 0.393 e. The van der Waals surface area contributed by atoms with Crippen molar-refractivity contribution in [3.8, 4) is 0 Å². The minimum absolute atomic E-state index is 0.149. The number of rotatable bonds is 9. The molecule has 7 heteroatoms. The van der Waals surface area contributed by atoms with Gasteiger partial charge < -0.3 is 19.3 Å². The molecule has 0 aromatic heterocycles. The van der Waals surface area contributed by atoms with Gasteiger partial charge in [0.1, 0.15) is 5.66 Å². The monoisotopic (exact) mass is 520 g/mol. The summed E-state index contributed by atoms with van der Waals surface area (Å²) in [7, 11) is -0.813. The number of carbonyl (C=O) groups is 1. The van der Waals surface area contributed by atoms with Crippen LogP contribution >= 0.6 is 7.60 Å². The van der Waals surface area contributed by atoms with E-state index in [4.69, 9.17) is 9.05 Å². The Kier molecular flexibility index (Phi) is 9.79. The summed E-state index contributed by atoms with van der Waals surface area (Å²) >= 11 is 0. The Morgan fingerprint density at radius 2 is 1.94 bits per heavy atom. The minimum atomic E-state index is -3.46. The van der Waals surface area contributed by atoms with Crippen molar-refractivity contribution in [3.05, 3.63) is 47.6 Å². The van der Waals surface area contributed by atoms with Gasteiger partial charge in [-0.15, -0.1) is 0 Å². The maximum atomic E-state index is 12.9. The maximum Gasteiger partial charge on any atom is 0.340 e. The Balaban J connectivity index is 1.75. The van der Waals surface area contributed by atoms with E-state index < -0.39 is 25.5 Å². The molecule has 0 heterocycles. The number of aliphatic hydroxyl groups is 2. The van der Waals surface area contributed by atoms with Crippen LogP contribution in [0, 0.1) is 23.2 Å². The number of fused-ring (bicyclic) bond motifs is 1. The fraction of sp³-hybridized carbons (Fsp3) is 0.690. The molecule has 0 saturated heterocycles. The molecule has 3 aliphatic carbocycles. The highest BCUT2D eigenvalue weighted by molar-refractivity contribution is 7.55. The second kappa shape index (κ2) is 12.0. The maximum absolute atomic E-state index is 12.9. The van der Waals surface area contributed by atoms with Gasteiger partial charge in [-0.1, -0.05) is 51.2 Å². The normalized spacial score (nSPS) is 35.4. The summed E-state index contributed by atoms with van der Waals surface area (Å²) in [6, 6.07) is 0. The summed E-state index contributed by atoms with van der Waals surface area (Å²) in [6.45, 7) is 10.4. The summed E-state index contributed by atoms with van der Waals surface area (Å²) in [4.78, 5) is 12.9. The van der Waals surface area contributed by atoms with Gasteiger partial charge in [0.15, 0.2) is 5.78 Å². The lowest BCUT2D eigenvalue weighted by Gasteiger charge is -2.44. The third-order valence-electron chi connectivity index (χ3n) is 9.11. The zero-order chi connectivity index (χ0) is 26.7. The number of hydrogen-bond donors (Lipinski definition) is 2. The van der Waals surface area contributed by atoms with Crippen molar-refractivity contribution in [2.75, 3.05) is 14.2 Å². The smallest absolute Gasteiger partial charge is 0.340 e. The number of hydrogen-bond acceptors (Lipinski definition) is 6. The fourth-order valence-electron chi connectivity index (χ4n) is 7.01. The third-order valence-corrected chi connectivity index (χ3v) is 11.5. The second-order valence-electron chi connectivity index (χ2n) is 11.1. The fourth-order valence-corrected chi connectivity index (χ4v) is 8.51. The van der Waals surface area contributed by atoms with Crippen LogP contribution in [0.3, 0.4) is 0 Å². The first kappa shape index (κ1) is 29.3. The van der Waals surface area contributed by atoms with Crippen LogP contribution in [0.25, 0.3) is 0 Å². The number of allylic oxidation sites excluding steroid dienone is 5. The van der Waals surface area contributed by atoms with Crippen LogP contribution in [-0.2, 0) is 18.4 Å². The molecule has 6 nitrogen and oxygen atoms in total. The summed E-state index contributed by atoms with van der Waals surface area (Å²) < 4.78 is 23.0. The van der Waals surface area contributed by atoms with Crippen LogP contribution in [0.4, 0.5) is 0 Å². The molecular weight excluding hydrogens is 475 g/mol. The first-order valence-corrected chi connectivity index (χ1v) is 15.0. The average Bonchev–Trinajstić information content (AvgIpc) is 3.21. The van der Waals surface area contributed by atoms with E-state index in [9.17, 15) is 19.6 Å². The molecule has 3 aliphatic rings. The van der Waals surface area contributed by atoms with Crippen LogP contribution in [0.5, 0.6) is 0 Å². The zero-order valence-corrected chi connectivity index (χ0v) is 23.5. The van der Waals surface area contributed by atoms with Crippen LogP contribution < -0.4 is 0 Å². The molecule has 3 saturated carbocycles. The molecule has 0 bridgehead atoms.